The van der Waals surface area contributed by atoms with Gasteiger partial charge in [-0.3, -0.25) is 0 Å². The lowest BCUT2D eigenvalue weighted by atomic mass is 9.87. The molecule has 2 rings (SSSR count). The Bertz CT molecular complexity index is 297. The first-order valence-corrected chi connectivity index (χ1v) is 4.87. The van der Waals surface area contributed by atoms with Crippen LogP contribution in [0.2, 0.25) is 0 Å². The molecule has 0 radical (unpaired) electrons. The number of rotatable bonds is 0. The number of fused-ring (bicyclic) bond motifs is 1. The third kappa shape index (κ3) is 1.16. The number of benzene rings is 1. The first kappa shape index (κ1) is 7.85. The van der Waals surface area contributed by atoms with Gasteiger partial charge in [-0.1, -0.05) is 12.1 Å². The van der Waals surface area contributed by atoms with Crippen LogP contribution in [-0.2, 0) is 12.8 Å². The van der Waals surface area contributed by atoms with Crippen molar-refractivity contribution in [3.63, 3.8) is 0 Å². The van der Waals surface area contributed by atoms with E-state index in [2.05, 4.69) is 26.0 Å². The molecule has 0 unspecified atom stereocenters. The van der Waals surface area contributed by atoms with Gasteiger partial charge in [-0.25, -0.2) is 0 Å². The molecule has 0 fully saturated rings. The monoisotopic (exact) mass is 160 g/mol. The minimum absolute atomic E-state index is 1.30. The van der Waals surface area contributed by atoms with E-state index in [4.69, 9.17) is 0 Å². The van der Waals surface area contributed by atoms with Crippen molar-refractivity contribution in [3.05, 3.63) is 34.4 Å². The van der Waals surface area contributed by atoms with Crippen LogP contribution < -0.4 is 0 Å². The molecule has 1 aliphatic rings. The van der Waals surface area contributed by atoms with Crippen LogP contribution in [0.3, 0.4) is 0 Å². The Balaban J connectivity index is 2.54. The second-order valence-electron chi connectivity index (χ2n) is 3.85. The minimum atomic E-state index is 1.30. The van der Waals surface area contributed by atoms with Gasteiger partial charge in [0, 0.05) is 0 Å². The van der Waals surface area contributed by atoms with Crippen molar-refractivity contribution in [2.75, 3.05) is 0 Å². The molecule has 0 nitrogen and oxygen atoms in total. The summed E-state index contributed by atoms with van der Waals surface area (Å²) in [5, 5.41) is 0. The summed E-state index contributed by atoms with van der Waals surface area (Å²) in [4.78, 5) is 0. The zero-order chi connectivity index (χ0) is 8.55. The Kier molecular flexibility index (Phi) is 1.92. The van der Waals surface area contributed by atoms with E-state index >= 15 is 0 Å². The van der Waals surface area contributed by atoms with Crippen molar-refractivity contribution in [1.29, 1.82) is 0 Å². The zero-order valence-corrected chi connectivity index (χ0v) is 7.98. The molecule has 0 spiro atoms. The topological polar surface area (TPSA) is 0 Å². The second-order valence-corrected chi connectivity index (χ2v) is 3.85. The molecule has 64 valence electrons. The Morgan fingerprint density at radius 1 is 1.00 bits per heavy atom. The maximum atomic E-state index is 2.32. The normalized spacial score (nSPS) is 15.8. The average Bonchev–Trinajstić information content (AvgIpc) is 2.12. The van der Waals surface area contributed by atoms with E-state index in [1.54, 1.807) is 11.1 Å². The summed E-state index contributed by atoms with van der Waals surface area (Å²) in [6, 6.07) is 4.58. The first-order valence-electron chi connectivity index (χ1n) is 4.87. The molecule has 12 heavy (non-hydrogen) atoms. The van der Waals surface area contributed by atoms with E-state index < -0.39 is 0 Å². The second kappa shape index (κ2) is 2.93. The fourth-order valence-electron chi connectivity index (χ4n) is 2.13. The molecule has 0 saturated carbocycles. The van der Waals surface area contributed by atoms with Gasteiger partial charge in [0.05, 0.1) is 0 Å². The van der Waals surface area contributed by atoms with Crippen LogP contribution in [0.4, 0.5) is 0 Å². The molecular weight excluding hydrogens is 144 g/mol. The smallest absolute Gasteiger partial charge is 0.0273 e. The molecule has 0 aliphatic heterocycles. The van der Waals surface area contributed by atoms with Crippen LogP contribution in [0.15, 0.2) is 12.1 Å². The standard InChI is InChI=1S/C12H16/c1-9-7-8-11-5-3-4-6-12(11)10(9)2/h7-8H,3-6H2,1-2H3. The number of hydrogen-bond acceptors (Lipinski definition) is 0. The third-order valence-corrected chi connectivity index (χ3v) is 3.09. The van der Waals surface area contributed by atoms with Gasteiger partial charge in [0.2, 0.25) is 0 Å². The van der Waals surface area contributed by atoms with Crippen LogP contribution in [0.1, 0.15) is 35.1 Å². The highest BCUT2D eigenvalue weighted by Crippen LogP contribution is 2.25. The van der Waals surface area contributed by atoms with E-state index in [9.17, 15) is 0 Å². The lowest BCUT2D eigenvalue weighted by Crippen LogP contribution is -2.05. The Hall–Kier alpha value is -0.780. The Morgan fingerprint density at radius 2 is 1.75 bits per heavy atom. The predicted molar refractivity (Wildman–Crippen MR) is 52.6 cm³/mol. The van der Waals surface area contributed by atoms with Crippen molar-refractivity contribution in [1.82, 2.24) is 0 Å². The lowest BCUT2D eigenvalue weighted by Gasteiger charge is -2.19. The van der Waals surface area contributed by atoms with Crippen LogP contribution >= 0.6 is 0 Å². The summed E-state index contributed by atoms with van der Waals surface area (Å²) in [5.74, 6) is 0. The summed E-state index contributed by atoms with van der Waals surface area (Å²) < 4.78 is 0. The molecule has 1 aromatic carbocycles. The maximum absolute atomic E-state index is 2.32. The van der Waals surface area contributed by atoms with Gasteiger partial charge in [-0.15, -0.1) is 0 Å². The molecule has 0 aromatic heterocycles. The predicted octanol–water partition coefficient (Wildman–Crippen LogP) is 3.18. The SMILES string of the molecule is Cc1ccc2c(c1C)CCCC2. The fourth-order valence-corrected chi connectivity index (χ4v) is 2.13. The molecule has 0 bridgehead atoms. The highest BCUT2D eigenvalue weighted by atomic mass is 14.2. The van der Waals surface area contributed by atoms with Gasteiger partial charge in [-0.05, 0) is 61.8 Å². The van der Waals surface area contributed by atoms with E-state index in [1.807, 2.05) is 0 Å². The molecule has 0 saturated heterocycles. The third-order valence-electron chi connectivity index (χ3n) is 3.09. The van der Waals surface area contributed by atoms with E-state index in [0.29, 0.717) is 0 Å². The van der Waals surface area contributed by atoms with Crippen LogP contribution in [-0.4, -0.2) is 0 Å². The van der Waals surface area contributed by atoms with Crippen LogP contribution in [0.25, 0.3) is 0 Å². The largest absolute Gasteiger partial charge is 0.0588 e. The zero-order valence-electron chi connectivity index (χ0n) is 7.98. The molecule has 0 atom stereocenters. The summed E-state index contributed by atoms with van der Waals surface area (Å²) >= 11 is 0. The molecule has 1 aliphatic carbocycles. The molecule has 0 heterocycles. The number of hydrogen-bond donors (Lipinski definition) is 0. The van der Waals surface area contributed by atoms with Crippen molar-refractivity contribution in [3.8, 4) is 0 Å². The van der Waals surface area contributed by atoms with E-state index in [-0.39, 0.29) is 0 Å². The van der Waals surface area contributed by atoms with Gasteiger partial charge < -0.3 is 0 Å². The van der Waals surface area contributed by atoms with Gasteiger partial charge in [0.1, 0.15) is 0 Å². The van der Waals surface area contributed by atoms with E-state index in [0.717, 1.165) is 0 Å². The first-order chi connectivity index (χ1) is 5.79. The minimum Gasteiger partial charge on any atom is -0.0588 e. The molecular formula is C12H16. The fraction of sp³-hybridized carbons (Fsp3) is 0.500. The quantitative estimate of drug-likeness (QED) is 0.547. The lowest BCUT2D eigenvalue weighted by molar-refractivity contribution is 0.681. The molecule has 0 heteroatoms. The highest BCUT2D eigenvalue weighted by Gasteiger charge is 2.11. The Labute approximate surface area is 74.6 Å². The maximum Gasteiger partial charge on any atom is -0.0273 e. The van der Waals surface area contributed by atoms with Gasteiger partial charge >= 0.3 is 0 Å². The van der Waals surface area contributed by atoms with Crippen molar-refractivity contribution < 1.29 is 0 Å². The summed E-state index contributed by atoms with van der Waals surface area (Å²) in [5.41, 5.74) is 6.23. The van der Waals surface area contributed by atoms with Gasteiger partial charge in [-0.2, -0.15) is 0 Å². The number of aryl methyl sites for hydroxylation is 2. The highest BCUT2D eigenvalue weighted by molar-refractivity contribution is 5.40. The molecule has 0 amide bonds. The van der Waals surface area contributed by atoms with E-state index in [1.165, 1.54) is 36.8 Å². The summed E-state index contributed by atoms with van der Waals surface area (Å²) in [6.07, 6.45) is 5.38. The van der Waals surface area contributed by atoms with Crippen LogP contribution in [0, 0.1) is 13.8 Å². The molecule has 0 N–H and O–H groups in total. The van der Waals surface area contributed by atoms with Gasteiger partial charge in [0.15, 0.2) is 0 Å². The van der Waals surface area contributed by atoms with Crippen LogP contribution in [0.5, 0.6) is 0 Å². The molecule has 1 aromatic rings. The Morgan fingerprint density at radius 3 is 2.58 bits per heavy atom. The average molecular weight is 160 g/mol. The van der Waals surface area contributed by atoms with Crippen molar-refractivity contribution >= 4 is 0 Å². The van der Waals surface area contributed by atoms with Crippen molar-refractivity contribution in [2.45, 2.75) is 39.5 Å². The summed E-state index contributed by atoms with van der Waals surface area (Å²) in [7, 11) is 0. The van der Waals surface area contributed by atoms with Gasteiger partial charge in [0.25, 0.3) is 0 Å². The summed E-state index contributed by atoms with van der Waals surface area (Å²) in [6.45, 7) is 4.48. The van der Waals surface area contributed by atoms with Crippen molar-refractivity contribution in [2.24, 2.45) is 0 Å².